The van der Waals surface area contributed by atoms with E-state index in [4.69, 9.17) is 5.73 Å². The smallest absolute Gasteiger partial charge is 0.242 e. The van der Waals surface area contributed by atoms with E-state index in [1.165, 1.54) is 19.9 Å². The Morgan fingerprint density at radius 3 is 2.50 bits per heavy atom. The fraction of sp³-hybridized carbons (Fsp3) is 0.571. The molecule has 0 heterocycles. The first-order chi connectivity index (χ1) is 9.35. The molecule has 0 spiro atoms. The molecule has 2 rings (SSSR count). The number of sulfonamides is 1. The summed E-state index contributed by atoms with van der Waals surface area (Å²) in [5, 5.41) is 0. The van der Waals surface area contributed by atoms with Crippen molar-refractivity contribution in [1.29, 1.82) is 0 Å². The first kappa shape index (κ1) is 15.1. The number of benzene rings is 1. The minimum absolute atomic E-state index is 0.143. The van der Waals surface area contributed by atoms with E-state index in [2.05, 4.69) is 23.5 Å². The van der Waals surface area contributed by atoms with Crippen LogP contribution in [0, 0.1) is 5.92 Å². The van der Waals surface area contributed by atoms with Gasteiger partial charge in [-0.3, -0.25) is 0 Å². The van der Waals surface area contributed by atoms with Crippen molar-refractivity contribution in [3.8, 4) is 0 Å². The molecule has 1 aromatic rings. The van der Waals surface area contributed by atoms with Crippen LogP contribution in [0.4, 0.5) is 11.4 Å². The van der Waals surface area contributed by atoms with Crippen LogP contribution < -0.4 is 15.4 Å². The topological polar surface area (TPSA) is 75.4 Å². The molecule has 0 aliphatic heterocycles. The van der Waals surface area contributed by atoms with Gasteiger partial charge in [-0.25, -0.2) is 13.1 Å². The highest BCUT2D eigenvalue weighted by molar-refractivity contribution is 7.89. The van der Waals surface area contributed by atoms with Crippen LogP contribution in [0.2, 0.25) is 0 Å². The zero-order valence-corrected chi connectivity index (χ0v) is 13.1. The second-order valence-corrected chi connectivity index (χ2v) is 7.56. The van der Waals surface area contributed by atoms with E-state index in [9.17, 15) is 8.42 Å². The van der Waals surface area contributed by atoms with Gasteiger partial charge in [0.1, 0.15) is 4.90 Å². The van der Waals surface area contributed by atoms with Crippen LogP contribution in [-0.2, 0) is 10.0 Å². The van der Waals surface area contributed by atoms with Gasteiger partial charge in [-0.2, -0.15) is 0 Å². The standard InChI is InChI=1S/C14H23N3O2S/c1-10(2)9-17(11-4-5-11)12-6-7-14(13(15)8-12)20(18,19)16-3/h6-8,10-11,16H,4-5,9,15H2,1-3H3. The molecule has 6 heteroatoms. The lowest BCUT2D eigenvalue weighted by atomic mass is 10.1. The van der Waals surface area contributed by atoms with E-state index >= 15 is 0 Å². The Bertz CT molecular complexity index is 580. The molecule has 112 valence electrons. The van der Waals surface area contributed by atoms with Gasteiger partial charge in [-0.05, 0) is 44.0 Å². The van der Waals surface area contributed by atoms with E-state index in [1.807, 2.05) is 6.07 Å². The van der Waals surface area contributed by atoms with Gasteiger partial charge in [0.15, 0.2) is 0 Å². The van der Waals surface area contributed by atoms with Crippen LogP contribution in [0.3, 0.4) is 0 Å². The Morgan fingerprint density at radius 2 is 2.05 bits per heavy atom. The van der Waals surface area contributed by atoms with E-state index in [1.54, 1.807) is 12.1 Å². The maximum atomic E-state index is 11.8. The molecule has 0 saturated heterocycles. The molecule has 20 heavy (non-hydrogen) atoms. The minimum atomic E-state index is -3.49. The summed E-state index contributed by atoms with van der Waals surface area (Å²) in [6, 6.07) is 5.78. The summed E-state index contributed by atoms with van der Waals surface area (Å²) in [6.07, 6.45) is 2.40. The highest BCUT2D eigenvalue weighted by Crippen LogP contribution is 2.34. The lowest BCUT2D eigenvalue weighted by molar-refractivity contribution is 0.588. The first-order valence-corrected chi connectivity index (χ1v) is 8.43. The fourth-order valence-electron chi connectivity index (χ4n) is 2.31. The van der Waals surface area contributed by atoms with Crippen LogP contribution in [0.1, 0.15) is 26.7 Å². The summed E-state index contributed by atoms with van der Waals surface area (Å²) in [6.45, 7) is 5.32. The van der Waals surface area contributed by atoms with Gasteiger partial charge in [0.25, 0.3) is 0 Å². The highest BCUT2D eigenvalue weighted by Gasteiger charge is 2.30. The average molecular weight is 297 g/mol. The van der Waals surface area contributed by atoms with E-state index in [0.29, 0.717) is 17.6 Å². The lowest BCUT2D eigenvalue weighted by Crippen LogP contribution is -2.30. The Kier molecular flexibility index (Phi) is 4.25. The fourth-order valence-corrected chi connectivity index (χ4v) is 3.15. The van der Waals surface area contributed by atoms with Crippen molar-refractivity contribution >= 4 is 21.4 Å². The first-order valence-electron chi connectivity index (χ1n) is 6.95. The van der Waals surface area contributed by atoms with Crippen molar-refractivity contribution in [1.82, 2.24) is 4.72 Å². The van der Waals surface area contributed by atoms with Crippen LogP contribution in [0.25, 0.3) is 0 Å². The van der Waals surface area contributed by atoms with Crippen LogP contribution in [-0.4, -0.2) is 28.1 Å². The van der Waals surface area contributed by atoms with Gasteiger partial charge in [0.2, 0.25) is 10.0 Å². The third kappa shape index (κ3) is 3.24. The molecule has 0 radical (unpaired) electrons. The monoisotopic (exact) mass is 297 g/mol. The summed E-state index contributed by atoms with van der Waals surface area (Å²) >= 11 is 0. The Balaban J connectivity index is 2.32. The maximum absolute atomic E-state index is 11.8. The summed E-state index contributed by atoms with van der Waals surface area (Å²) in [7, 11) is -2.11. The summed E-state index contributed by atoms with van der Waals surface area (Å²) in [5.74, 6) is 0.553. The average Bonchev–Trinajstić information content (AvgIpc) is 3.19. The number of hydrogen-bond donors (Lipinski definition) is 2. The van der Waals surface area contributed by atoms with Crippen molar-refractivity contribution in [3.63, 3.8) is 0 Å². The van der Waals surface area contributed by atoms with Crippen molar-refractivity contribution in [3.05, 3.63) is 18.2 Å². The maximum Gasteiger partial charge on any atom is 0.242 e. The van der Waals surface area contributed by atoms with Crippen LogP contribution >= 0.6 is 0 Å². The lowest BCUT2D eigenvalue weighted by Gasteiger charge is -2.27. The van der Waals surface area contributed by atoms with Gasteiger partial charge >= 0.3 is 0 Å². The quantitative estimate of drug-likeness (QED) is 0.785. The number of nitrogens with zero attached hydrogens (tertiary/aromatic N) is 1. The largest absolute Gasteiger partial charge is 0.398 e. The predicted molar refractivity (Wildman–Crippen MR) is 82.3 cm³/mol. The summed E-state index contributed by atoms with van der Waals surface area (Å²) < 4.78 is 25.9. The van der Waals surface area contributed by atoms with Crippen molar-refractivity contribution in [2.75, 3.05) is 24.2 Å². The SMILES string of the molecule is CNS(=O)(=O)c1ccc(N(CC(C)C)C2CC2)cc1N. The molecular weight excluding hydrogens is 274 g/mol. The number of anilines is 2. The normalized spacial score (nSPS) is 15.6. The molecule has 0 amide bonds. The van der Waals surface area contributed by atoms with Crippen molar-refractivity contribution in [2.45, 2.75) is 37.6 Å². The van der Waals surface area contributed by atoms with Crippen molar-refractivity contribution < 1.29 is 8.42 Å². The second-order valence-electron chi connectivity index (χ2n) is 5.71. The third-order valence-corrected chi connectivity index (χ3v) is 4.92. The molecule has 1 aliphatic carbocycles. The molecule has 3 N–H and O–H groups in total. The second kappa shape index (κ2) is 5.61. The number of nitrogens with one attached hydrogen (secondary N) is 1. The van der Waals surface area contributed by atoms with E-state index in [-0.39, 0.29) is 4.90 Å². The molecule has 0 unspecified atom stereocenters. The van der Waals surface area contributed by atoms with Crippen LogP contribution in [0.15, 0.2) is 23.1 Å². The number of rotatable bonds is 6. The van der Waals surface area contributed by atoms with Gasteiger partial charge in [-0.1, -0.05) is 13.8 Å². The van der Waals surface area contributed by atoms with Crippen molar-refractivity contribution in [2.24, 2.45) is 5.92 Å². The molecule has 0 atom stereocenters. The van der Waals surface area contributed by atoms with E-state index in [0.717, 1.165) is 12.2 Å². The molecule has 1 aliphatic rings. The molecule has 5 nitrogen and oxygen atoms in total. The van der Waals surface area contributed by atoms with Gasteiger partial charge in [0, 0.05) is 18.3 Å². The van der Waals surface area contributed by atoms with Crippen LogP contribution in [0.5, 0.6) is 0 Å². The zero-order chi connectivity index (χ0) is 14.9. The van der Waals surface area contributed by atoms with Gasteiger partial charge < -0.3 is 10.6 Å². The van der Waals surface area contributed by atoms with Gasteiger partial charge in [0.05, 0.1) is 5.69 Å². The number of nitrogen functional groups attached to an aromatic ring is 1. The molecule has 1 saturated carbocycles. The molecule has 1 aromatic carbocycles. The number of hydrogen-bond acceptors (Lipinski definition) is 4. The molecule has 1 fully saturated rings. The molecule has 0 bridgehead atoms. The predicted octanol–water partition coefficient (Wildman–Crippen LogP) is 1.80. The number of nitrogens with two attached hydrogens (primary N) is 1. The molecular formula is C14H23N3O2S. The zero-order valence-electron chi connectivity index (χ0n) is 12.3. The Hall–Kier alpha value is -1.27. The summed E-state index contributed by atoms with van der Waals surface area (Å²) in [4.78, 5) is 2.47. The molecule has 0 aromatic heterocycles. The minimum Gasteiger partial charge on any atom is -0.398 e. The third-order valence-electron chi connectivity index (χ3n) is 3.43. The Labute approximate surface area is 121 Å². The van der Waals surface area contributed by atoms with E-state index < -0.39 is 10.0 Å². The Morgan fingerprint density at radius 1 is 1.40 bits per heavy atom. The van der Waals surface area contributed by atoms with Gasteiger partial charge in [-0.15, -0.1) is 0 Å². The summed E-state index contributed by atoms with van der Waals surface area (Å²) in [5.41, 5.74) is 7.23. The highest BCUT2D eigenvalue weighted by atomic mass is 32.2.